The molecule has 0 bridgehead atoms. The van der Waals surface area contributed by atoms with Crippen LogP contribution in [-0.2, 0) is 10.0 Å². The zero-order valence-corrected chi connectivity index (χ0v) is 11.9. The van der Waals surface area contributed by atoms with E-state index in [1.165, 1.54) is 18.2 Å². The van der Waals surface area contributed by atoms with Crippen molar-refractivity contribution < 1.29 is 8.42 Å². The highest BCUT2D eigenvalue weighted by Crippen LogP contribution is 2.18. The molecule has 1 unspecified atom stereocenters. The summed E-state index contributed by atoms with van der Waals surface area (Å²) in [5, 5.41) is 15.3. The Morgan fingerprint density at radius 2 is 2.20 bits per heavy atom. The van der Waals surface area contributed by atoms with Gasteiger partial charge in [0.15, 0.2) is 0 Å². The van der Waals surface area contributed by atoms with Crippen molar-refractivity contribution in [2.24, 2.45) is 0 Å². The number of rotatable bonds is 4. The molecule has 0 saturated carbocycles. The summed E-state index contributed by atoms with van der Waals surface area (Å²) in [5.74, 6) is 0. The van der Waals surface area contributed by atoms with Gasteiger partial charge >= 0.3 is 0 Å². The van der Waals surface area contributed by atoms with E-state index in [9.17, 15) is 8.42 Å². The molecule has 1 atom stereocenters. The third-order valence-corrected chi connectivity index (χ3v) is 4.52. The lowest BCUT2D eigenvalue weighted by Crippen LogP contribution is -2.26. The Morgan fingerprint density at radius 1 is 1.45 bits per heavy atom. The second kappa shape index (κ2) is 5.45. The summed E-state index contributed by atoms with van der Waals surface area (Å²) < 4.78 is 27.1. The molecule has 0 aliphatic carbocycles. The topological polar surface area (TPSA) is 98.6 Å². The van der Waals surface area contributed by atoms with Crippen molar-refractivity contribution in [2.45, 2.75) is 24.8 Å². The highest BCUT2D eigenvalue weighted by atomic mass is 32.2. The molecule has 1 aromatic heterocycles. The van der Waals surface area contributed by atoms with Crippen molar-refractivity contribution in [3.05, 3.63) is 47.3 Å². The summed E-state index contributed by atoms with van der Waals surface area (Å²) in [6.45, 7) is 3.44. The number of nitrogens with zero attached hydrogens (tertiary/aromatic N) is 2. The summed E-state index contributed by atoms with van der Waals surface area (Å²) in [5.41, 5.74) is 1.84. The number of aromatic nitrogens is 2. The van der Waals surface area contributed by atoms with Crippen LogP contribution in [-0.4, -0.2) is 18.6 Å². The van der Waals surface area contributed by atoms with Gasteiger partial charge in [-0.25, -0.2) is 13.1 Å². The van der Waals surface area contributed by atoms with Gasteiger partial charge in [-0.1, -0.05) is 0 Å². The van der Waals surface area contributed by atoms with Gasteiger partial charge in [0.05, 0.1) is 22.7 Å². The van der Waals surface area contributed by atoms with Crippen LogP contribution in [0.4, 0.5) is 0 Å². The fraction of sp³-hybridized carbons (Fsp3) is 0.231. The molecule has 2 aromatic rings. The van der Waals surface area contributed by atoms with Gasteiger partial charge in [-0.05, 0) is 37.6 Å². The Labute approximate surface area is 117 Å². The number of hydrogen-bond acceptors (Lipinski definition) is 4. The Kier molecular flexibility index (Phi) is 3.88. The molecule has 0 fully saturated rings. The first-order valence-corrected chi connectivity index (χ1v) is 7.44. The van der Waals surface area contributed by atoms with Gasteiger partial charge in [0.25, 0.3) is 0 Å². The van der Waals surface area contributed by atoms with Crippen LogP contribution in [0.5, 0.6) is 0 Å². The number of aromatic amines is 1. The number of H-pyrrole nitrogens is 1. The third-order valence-electron chi connectivity index (χ3n) is 2.98. The van der Waals surface area contributed by atoms with Crippen LogP contribution in [0.2, 0.25) is 0 Å². The predicted molar refractivity (Wildman–Crippen MR) is 73.2 cm³/mol. The zero-order valence-electron chi connectivity index (χ0n) is 11.1. The van der Waals surface area contributed by atoms with Gasteiger partial charge < -0.3 is 0 Å². The molecule has 7 heteroatoms. The molecule has 104 valence electrons. The van der Waals surface area contributed by atoms with Crippen LogP contribution < -0.4 is 4.72 Å². The van der Waals surface area contributed by atoms with Crippen LogP contribution in [0, 0.1) is 18.3 Å². The maximum Gasteiger partial charge on any atom is 0.241 e. The third kappa shape index (κ3) is 2.87. The molecule has 1 aromatic carbocycles. The van der Waals surface area contributed by atoms with Crippen LogP contribution >= 0.6 is 0 Å². The van der Waals surface area contributed by atoms with E-state index in [0.29, 0.717) is 11.1 Å². The first-order valence-electron chi connectivity index (χ1n) is 5.96. The first kappa shape index (κ1) is 14.2. The maximum atomic E-state index is 12.3. The SMILES string of the molecule is Cc1cc(S(=O)(=O)NC(C)c2cn[nH]c2)ccc1C#N. The number of hydrogen-bond donors (Lipinski definition) is 2. The molecule has 1 heterocycles. The van der Waals surface area contributed by atoms with Gasteiger partial charge in [-0.3, -0.25) is 5.10 Å². The summed E-state index contributed by atoms with van der Waals surface area (Å²) in [6, 6.07) is 6.04. The fourth-order valence-electron chi connectivity index (χ4n) is 1.80. The lowest BCUT2D eigenvalue weighted by Gasteiger charge is -2.13. The average Bonchev–Trinajstić information content (AvgIpc) is 2.92. The van der Waals surface area contributed by atoms with Crippen LogP contribution in [0.1, 0.15) is 29.7 Å². The monoisotopic (exact) mass is 290 g/mol. The van der Waals surface area contributed by atoms with Gasteiger partial charge in [-0.2, -0.15) is 10.4 Å². The molecule has 2 N–H and O–H groups in total. The normalized spacial score (nSPS) is 12.8. The number of nitrogens with one attached hydrogen (secondary N) is 2. The van der Waals surface area contributed by atoms with Gasteiger partial charge in [0.2, 0.25) is 10.0 Å². The van der Waals surface area contributed by atoms with Crippen molar-refractivity contribution >= 4 is 10.0 Å². The van der Waals surface area contributed by atoms with E-state index >= 15 is 0 Å². The first-order chi connectivity index (χ1) is 9.44. The molecule has 2 rings (SSSR count). The minimum Gasteiger partial charge on any atom is -0.285 e. The van der Waals surface area contributed by atoms with Crippen LogP contribution in [0.15, 0.2) is 35.5 Å². The summed E-state index contributed by atoms with van der Waals surface area (Å²) in [6.07, 6.45) is 3.20. The molecule has 0 saturated heterocycles. The Bertz CT molecular complexity index is 745. The highest BCUT2D eigenvalue weighted by Gasteiger charge is 2.19. The Balaban J connectivity index is 2.27. The van der Waals surface area contributed by atoms with Crippen molar-refractivity contribution in [3.63, 3.8) is 0 Å². The molecular formula is C13H14N4O2S. The maximum absolute atomic E-state index is 12.3. The van der Waals surface area contributed by atoms with Crippen LogP contribution in [0.3, 0.4) is 0 Å². The standard InChI is InChI=1S/C13H14N4O2S/c1-9-5-13(4-3-11(9)6-14)20(18,19)17-10(2)12-7-15-16-8-12/h3-5,7-8,10,17H,1-2H3,(H,15,16). The lowest BCUT2D eigenvalue weighted by atomic mass is 10.1. The smallest absolute Gasteiger partial charge is 0.241 e. The van der Waals surface area contributed by atoms with Crippen LogP contribution in [0.25, 0.3) is 0 Å². The second-order valence-corrected chi connectivity index (χ2v) is 6.18. The predicted octanol–water partition coefficient (Wildman–Crippen LogP) is 1.63. The van der Waals surface area contributed by atoms with Crippen molar-refractivity contribution in [1.82, 2.24) is 14.9 Å². The van der Waals surface area contributed by atoms with Gasteiger partial charge in [0.1, 0.15) is 0 Å². The largest absolute Gasteiger partial charge is 0.285 e. The Morgan fingerprint density at radius 3 is 2.75 bits per heavy atom. The Hall–Kier alpha value is -2.17. The number of benzene rings is 1. The van der Waals surface area contributed by atoms with E-state index < -0.39 is 16.1 Å². The minimum atomic E-state index is -3.63. The molecule has 20 heavy (non-hydrogen) atoms. The van der Waals surface area contributed by atoms with Crippen molar-refractivity contribution in [3.8, 4) is 6.07 Å². The van der Waals surface area contributed by atoms with E-state index in [1.807, 2.05) is 6.07 Å². The summed E-state index contributed by atoms with van der Waals surface area (Å²) in [7, 11) is -3.63. The molecule has 0 radical (unpaired) electrons. The summed E-state index contributed by atoms with van der Waals surface area (Å²) >= 11 is 0. The van der Waals surface area contributed by atoms with Gasteiger partial charge in [0, 0.05) is 17.8 Å². The zero-order chi connectivity index (χ0) is 14.8. The van der Waals surface area contributed by atoms with Crippen molar-refractivity contribution in [2.75, 3.05) is 0 Å². The number of aryl methyl sites for hydroxylation is 1. The molecule has 0 spiro atoms. The second-order valence-electron chi connectivity index (χ2n) is 4.46. The number of sulfonamides is 1. The fourth-order valence-corrected chi connectivity index (χ4v) is 3.11. The van der Waals surface area contributed by atoms with E-state index in [4.69, 9.17) is 5.26 Å². The molecule has 0 aliphatic heterocycles. The van der Waals surface area contributed by atoms with Gasteiger partial charge in [-0.15, -0.1) is 0 Å². The average molecular weight is 290 g/mol. The highest BCUT2D eigenvalue weighted by molar-refractivity contribution is 7.89. The molecular weight excluding hydrogens is 276 g/mol. The quantitative estimate of drug-likeness (QED) is 0.894. The molecule has 6 nitrogen and oxygen atoms in total. The van der Waals surface area contributed by atoms with Crippen molar-refractivity contribution in [1.29, 1.82) is 5.26 Å². The molecule has 0 amide bonds. The minimum absolute atomic E-state index is 0.143. The number of nitriles is 1. The molecule has 0 aliphatic rings. The van der Waals surface area contributed by atoms with E-state index in [-0.39, 0.29) is 4.90 Å². The van der Waals surface area contributed by atoms with E-state index in [1.54, 1.807) is 26.2 Å². The summed E-state index contributed by atoms with van der Waals surface area (Å²) in [4.78, 5) is 0.143. The lowest BCUT2D eigenvalue weighted by molar-refractivity contribution is 0.567. The van der Waals surface area contributed by atoms with E-state index in [0.717, 1.165) is 5.56 Å². The van der Waals surface area contributed by atoms with E-state index in [2.05, 4.69) is 14.9 Å².